The number of urea groups is 1. The van der Waals surface area contributed by atoms with Gasteiger partial charge in [0.2, 0.25) is 0 Å². The number of amides is 3. The molecule has 0 aromatic heterocycles. The van der Waals surface area contributed by atoms with Gasteiger partial charge < -0.3 is 5.32 Å². The number of carbonyl (C=O) groups excluding carboxylic acids is 2. The van der Waals surface area contributed by atoms with Gasteiger partial charge in [-0.3, -0.25) is 9.69 Å². The van der Waals surface area contributed by atoms with Gasteiger partial charge >= 0.3 is 12.4 Å². The Morgan fingerprint density at radius 2 is 2.00 bits per heavy atom. The molecule has 0 saturated carbocycles. The Bertz CT molecular complexity index is 205. The zero-order valence-electron chi connectivity index (χ0n) is 10.0. The van der Waals surface area contributed by atoms with Crippen LogP contribution in [0.4, 0.5) is 4.79 Å². The van der Waals surface area contributed by atoms with Crippen LogP contribution in [0.2, 0.25) is 0 Å². The summed E-state index contributed by atoms with van der Waals surface area (Å²) in [7, 11) is 0. The second kappa shape index (κ2) is 7.26. The zero-order valence-corrected chi connectivity index (χ0v) is 10.0. The molecule has 0 spiro atoms. The summed E-state index contributed by atoms with van der Waals surface area (Å²) in [6, 6.07) is -0.431. The maximum absolute atomic E-state index is 11.5. The lowest BCUT2D eigenvalue weighted by Crippen LogP contribution is -2.45. The van der Waals surface area contributed by atoms with Gasteiger partial charge in [0.05, 0.1) is 0 Å². The highest BCUT2D eigenvalue weighted by Gasteiger charge is 2.19. The lowest BCUT2D eigenvalue weighted by atomic mass is 10.2. The average molecular weight is 213 g/mol. The van der Waals surface area contributed by atoms with Crippen LogP contribution in [0, 0.1) is 5.92 Å². The Labute approximate surface area is 92.0 Å². The summed E-state index contributed by atoms with van der Waals surface area (Å²) in [6.07, 6.45) is 3.43. The first-order chi connectivity index (χ1) is 7.02. The Morgan fingerprint density at radius 3 is 2.40 bits per heavy atom. The first-order valence-corrected chi connectivity index (χ1v) is 5.47. The van der Waals surface area contributed by atoms with Crippen LogP contribution in [0.25, 0.3) is 0 Å². The van der Waals surface area contributed by atoms with Crippen molar-refractivity contribution < 1.29 is 9.59 Å². The SMILES string of the molecule is CCCC(C)N([C]=O)C(=O)NCC(C)C. The Kier molecular flexibility index (Phi) is 6.75. The van der Waals surface area contributed by atoms with Crippen LogP contribution in [0.1, 0.15) is 40.5 Å². The van der Waals surface area contributed by atoms with Crippen LogP contribution >= 0.6 is 0 Å². The monoisotopic (exact) mass is 213 g/mol. The van der Waals surface area contributed by atoms with Gasteiger partial charge in [-0.2, -0.15) is 0 Å². The maximum atomic E-state index is 11.5. The topological polar surface area (TPSA) is 49.4 Å². The first kappa shape index (κ1) is 13.9. The van der Waals surface area contributed by atoms with E-state index in [1.54, 1.807) is 6.41 Å². The summed E-state index contributed by atoms with van der Waals surface area (Å²) in [5.74, 6) is 0.379. The van der Waals surface area contributed by atoms with Gasteiger partial charge in [-0.25, -0.2) is 4.79 Å². The number of nitrogens with zero attached hydrogens (tertiary/aromatic N) is 1. The molecule has 87 valence electrons. The number of carbonyl (C=O) groups is 1. The van der Waals surface area contributed by atoms with Crippen LogP contribution < -0.4 is 5.32 Å². The summed E-state index contributed by atoms with van der Waals surface area (Å²) in [4.78, 5) is 23.3. The third-order valence-corrected chi connectivity index (χ3v) is 2.13. The molecule has 0 bridgehead atoms. The number of hydrogen-bond donors (Lipinski definition) is 1. The molecule has 0 aliphatic heterocycles. The fraction of sp³-hybridized carbons (Fsp3) is 0.818. The van der Waals surface area contributed by atoms with Crippen molar-refractivity contribution in [2.24, 2.45) is 5.92 Å². The molecule has 0 saturated heterocycles. The Hall–Kier alpha value is -1.06. The first-order valence-electron chi connectivity index (χ1n) is 5.47. The van der Waals surface area contributed by atoms with Gasteiger partial charge in [0.1, 0.15) is 0 Å². The van der Waals surface area contributed by atoms with Crippen molar-refractivity contribution in [1.82, 2.24) is 10.2 Å². The van der Waals surface area contributed by atoms with E-state index in [1.165, 1.54) is 0 Å². The van der Waals surface area contributed by atoms with E-state index in [0.717, 1.165) is 17.7 Å². The minimum absolute atomic E-state index is 0.0836. The van der Waals surface area contributed by atoms with Crippen molar-refractivity contribution in [2.75, 3.05) is 6.54 Å². The third kappa shape index (κ3) is 5.40. The van der Waals surface area contributed by atoms with Gasteiger partial charge in [0.15, 0.2) is 0 Å². The summed E-state index contributed by atoms with van der Waals surface area (Å²) in [5.41, 5.74) is 0. The summed E-state index contributed by atoms with van der Waals surface area (Å²) >= 11 is 0. The van der Waals surface area contributed by atoms with Crippen molar-refractivity contribution in [3.63, 3.8) is 0 Å². The van der Waals surface area contributed by atoms with E-state index in [9.17, 15) is 9.59 Å². The Morgan fingerprint density at radius 1 is 1.40 bits per heavy atom. The second-order valence-electron chi connectivity index (χ2n) is 4.18. The molecule has 0 heterocycles. The quantitative estimate of drug-likeness (QED) is 0.685. The van der Waals surface area contributed by atoms with Crippen LogP contribution in [-0.4, -0.2) is 29.9 Å². The van der Waals surface area contributed by atoms with E-state index >= 15 is 0 Å². The summed E-state index contributed by atoms with van der Waals surface area (Å²) in [5, 5.41) is 2.70. The molecule has 0 rings (SSSR count). The van der Waals surface area contributed by atoms with Crippen LogP contribution in [0.5, 0.6) is 0 Å². The van der Waals surface area contributed by atoms with E-state index in [2.05, 4.69) is 5.32 Å². The van der Waals surface area contributed by atoms with Gasteiger partial charge in [-0.15, -0.1) is 0 Å². The normalized spacial score (nSPS) is 12.3. The smallest absolute Gasteiger partial charge is 0.324 e. The lowest BCUT2D eigenvalue weighted by Gasteiger charge is -2.22. The van der Waals surface area contributed by atoms with Crippen molar-refractivity contribution in [3.8, 4) is 0 Å². The summed E-state index contributed by atoms with van der Waals surface area (Å²) in [6.45, 7) is 8.46. The molecule has 0 aliphatic rings. The third-order valence-electron chi connectivity index (χ3n) is 2.13. The molecule has 0 aromatic rings. The van der Waals surface area contributed by atoms with Gasteiger partial charge in [-0.05, 0) is 19.3 Å². The molecule has 4 heteroatoms. The van der Waals surface area contributed by atoms with E-state index in [0.29, 0.717) is 12.5 Å². The Balaban J connectivity index is 4.15. The molecule has 0 aliphatic carbocycles. The van der Waals surface area contributed by atoms with Gasteiger partial charge in [-0.1, -0.05) is 27.2 Å². The number of hydrogen-bond acceptors (Lipinski definition) is 2. The molecule has 0 aromatic carbocycles. The van der Waals surface area contributed by atoms with Crippen molar-refractivity contribution in [1.29, 1.82) is 0 Å². The summed E-state index contributed by atoms with van der Waals surface area (Å²) < 4.78 is 0. The van der Waals surface area contributed by atoms with Gasteiger partial charge in [0, 0.05) is 12.6 Å². The van der Waals surface area contributed by atoms with Gasteiger partial charge in [0.25, 0.3) is 0 Å². The predicted molar refractivity (Wildman–Crippen MR) is 60.1 cm³/mol. The fourth-order valence-corrected chi connectivity index (χ4v) is 1.26. The average Bonchev–Trinajstić information content (AvgIpc) is 2.16. The van der Waals surface area contributed by atoms with Crippen molar-refractivity contribution in [3.05, 3.63) is 0 Å². The minimum Gasteiger partial charge on any atom is -0.337 e. The molecular weight excluding hydrogens is 192 g/mol. The van der Waals surface area contributed by atoms with Crippen LogP contribution in [0.15, 0.2) is 0 Å². The molecule has 3 amide bonds. The van der Waals surface area contributed by atoms with E-state index in [-0.39, 0.29) is 12.1 Å². The zero-order chi connectivity index (χ0) is 11.8. The van der Waals surface area contributed by atoms with Crippen molar-refractivity contribution in [2.45, 2.75) is 46.6 Å². The standard InChI is InChI=1S/C11H21N2O2/c1-5-6-10(4)13(8-14)11(15)12-7-9(2)3/h9-10H,5-7H2,1-4H3,(H,12,15). The maximum Gasteiger partial charge on any atom is 0.324 e. The van der Waals surface area contributed by atoms with Crippen molar-refractivity contribution >= 4 is 12.4 Å². The number of nitrogens with one attached hydrogen (secondary N) is 1. The van der Waals surface area contributed by atoms with E-state index in [4.69, 9.17) is 0 Å². The highest BCUT2D eigenvalue weighted by atomic mass is 16.2. The largest absolute Gasteiger partial charge is 0.337 e. The number of rotatable bonds is 6. The predicted octanol–water partition coefficient (Wildman–Crippen LogP) is 1.91. The second-order valence-corrected chi connectivity index (χ2v) is 4.18. The lowest BCUT2D eigenvalue weighted by molar-refractivity contribution is 0.205. The number of imide groups is 1. The highest BCUT2D eigenvalue weighted by Crippen LogP contribution is 2.04. The molecule has 1 N–H and O–H groups in total. The van der Waals surface area contributed by atoms with E-state index in [1.807, 2.05) is 27.7 Å². The molecule has 0 fully saturated rings. The van der Waals surface area contributed by atoms with E-state index < -0.39 is 0 Å². The fourth-order valence-electron chi connectivity index (χ4n) is 1.26. The molecule has 1 radical (unpaired) electrons. The van der Waals surface area contributed by atoms with Crippen LogP contribution in [-0.2, 0) is 4.79 Å². The molecular formula is C11H21N2O2. The molecule has 15 heavy (non-hydrogen) atoms. The highest BCUT2D eigenvalue weighted by molar-refractivity contribution is 5.85. The molecule has 1 atom stereocenters. The molecule has 4 nitrogen and oxygen atoms in total. The minimum atomic E-state index is -0.348. The molecule has 1 unspecified atom stereocenters. The van der Waals surface area contributed by atoms with Crippen LogP contribution in [0.3, 0.4) is 0 Å².